The van der Waals surface area contributed by atoms with Crippen LogP contribution in [0.15, 0.2) is 27.6 Å². The molecule has 24 heteroatoms. The number of hydrogen-bond donors (Lipinski definition) is 9. The lowest BCUT2D eigenvalue weighted by molar-refractivity contribution is -0.767. The molecule has 5 heterocycles. The Morgan fingerprint density at radius 2 is 2.04 bits per heavy atom. The number of anilines is 3. The van der Waals surface area contributed by atoms with E-state index in [2.05, 4.69) is 30.1 Å². The van der Waals surface area contributed by atoms with E-state index in [1.54, 1.807) is 10.9 Å². The molecule has 1 saturated heterocycles. The Morgan fingerprint density at radius 3 is 2.66 bits per heavy atom. The molecule has 3 aliphatic rings. The Balaban J connectivity index is 1.39. The number of nitrogens with zero attached hydrogens (tertiary/aromatic N) is 8. The summed E-state index contributed by atoms with van der Waals surface area (Å²) < 4.78 is 7.65. The van der Waals surface area contributed by atoms with Gasteiger partial charge in [-0.05, 0) is 20.3 Å². The van der Waals surface area contributed by atoms with E-state index in [0.717, 1.165) is 22.9 Å². The monoisotopic (exact) mass is 734 g/mol. The Hall–Kier alpha value is -5.65. The lowest BCUT2D eigenvalue weighted by atomic mass is 10.0. The summed E-state index contributed by atoms with van der Waals surface area (Å²) in [6.07, 6.45) is 2.51. The number of β-lactam (4-membered cyclic amide) rings is 1. The number of guanidine groups is 2. The molecule has 0 saturated carbocycles. The Labute approximate surface area is 291 Å². The average molecular weight is 735 g/mol. The molecule has 5 rings (SSSR count). The van der Waals surface area contributed by atoms with Gasteiger partial charge in [-0.2, -0.15) is 9.36 Å². The number of rotatable bonds is 13. The van der Waals surface area contributed by atoms with Crippen molar-refractivity contribution in [2.24, 2.45) is 27.3 Å². The summed E-state index contributed by atoms with van der Waals surface area (Å²) in [6.45, 7) is 4.13. The van der Waals surface area contributed by atoms with Crippen molar-refractivity contribution in [1.29, 1.82) is 5.41 Å². The second-order valence-electron chi connectivity index (χ2n) is 11.6. The van der Waals surface area contributed by atoms with Gasteiger partial charge in [0.25, 0.3) is 11.8 Å². The van der Waals surface area contributed by atoms with Crippen molar-refractivity contribution in [3.63, 3.8) is 0 Å². The smallest absolute Gasteiger partial charge is 0.352 e. The molecule has 268 valence electrons. The standard InChI is InChI=1S/C26H35N15O7S2/c1-26(2,22(46)47)48-36-13(16-35-25(31)50-37-16)18(42)34-14-19(43)41-15(21(44)45)11(10-49-20(14)41)8-38-9-12(17-32-4-3-6-40(17)38)39(24(29)30)7-5-33-23(27)28/h9,14,20H,3-8,10H2,1-2H3,(H12,27,28,29,30,31,33,34,35,37,42,44,45,46,47)/p+1/b36-13-/t14-,20-/m1/s1. The van der Waals surface area contributed by atoms with Crippen LogP contribution in [-0.2, 0) is 37.1 Å². The predicted octanol–water partition coefficient (Wildman–Crippen LogP) is -2.98. The van der Waals surface area contributed by atoms with Gasteiger partial charge >= 0.3 is 11.9 Å². The van der Waals surface area contributed by atoms with Gasteiger partial charge in [-0.15, -0.1) is 21.1 Å². The van der Waals surface area contributed by atoms with Gasteiger partial charge in [-0.3, -0.25) is 24.9 Å². The molecule has 0 unspecified atom stereocenters. The Kier molecular flexibility index (Phi) is 10.0. The quantitative estimate of drug-likeness (QED) is 0.0326. The number of nitrogens with two attached hydrogens (primary N) is 4. The Bertz CT molecular complexity index is 1830. The van der Waals surface area contributed by atoms with Gasteiger partial charge < -0.3 is 53.5 Å². The maximum absolute atomic E-state index is 13.5. The molecule has 0 radical (unpaired) electrons. The lowest BCUT2D eigenvalue weighted by Gasteiger charge is -2.49. The van der Waals surface area contributed by atoms with Gasteiger partial charge in [0.2, 0.25) is 23.3 Å². The average Bonchev–Trinajstić information content (AvgIpc) is 3.64. The molecule has 22 nitrogen and oxygen atoms in total. The number of amides is 2. The number of oxime groups is 1. The first kappa shape index (κ1) is 35.7. The summed E-state index contributed by atoms with van der Waals surface area (Å²) in [5.41, 5.74) is 20.9. The van der Waals surface area contributed by atoms with E-state index in [4.69, 9.17) is 33.2 Å². The van der Waals surface area contributed by atoms with Crippen LogP contribution in [0.1, 0.15) is 26.1 Å². The van der Waals surface area contributed by atoms with Crippen molar-refractivity contribution < 1.29 is 38.9 Å². The second kappa shape index (κ2) is 14.1. The van der Waals surface area contributed by atoms with E-state index in [1.165, 1.54) is 30.5 Å². The SMILES string of the molecule is CC(C)(O/N=C(\C(=O)N[C@@H]1C(=O)N2C(C(=O)O)=C(C[n+]3cc(N(CCN=C(N)N)C(=N)N)c4n3CCCN4)CS[C@H]12)c1nsc(N)n1)C(=O)O. The molecule has 0 spiro atoms. The highest BCUT2D eigenvalue weighted by Gasteiger charge is 2.55. The molecule has 50 heavy (non-hydrogen) atoms. The molecule has 2 aromatic heterocycles. The number of aromatic nitrogens is 4. The van der Waals surface area contributed by atoms with Crippen molar-refractivity contribution in [1.82, 2.24) is 24.3 Å². The number of aliphatic carboxylic acids is 2. The van der Waals surface area contributed by atoms with E-state index in [-0.39, 0.29) is 54.0 Å². The fourth-order valence-electron chi connectivity index (χ4n) is 5.29. The van der Waals surface area contributed by atoms with E-state index in [1.807, 2.05) is 4.68 Å². The number of nitrogens with one attached hydrogen (secondary N) is 3. The molecule has 0 aliphatic carbocycles. The van der Waals surface area contributed by atoms with Crippen molar-refractivity contribution >= 4 is 81.3 Å². The predicted molar refractivity (Wildman–Crippen MR) is 181 cm³/mol. The molecular formula is C26H36N15O7S2+. The fraction of sp³-hybridized carbons (Fsp3) is 0.462. The van der Waals surface area contributed by atoms with E-state index in [9.17, 15) is 29.4 Å². The highest BCUT2D eigenvalue weighted by molar-refractivity contribution is 8.00. The molecule has 1 fully saturated rings. The fourth-order valence-corrected chi connectivity index (χ4v) is 7.06. The van der Waals surface area contributed by atoms with Crippen LogP contribution in [0.4, 0.5) is 16.6 Å². The van der Waals surface area contributed by atoms with E-state index >= 15 is 0 Å². The maximum Gasteiger partial charge on any atom is 0.352 e. The third-order valence-corrected chi connectivity index (χ3v) is 9.64. The number of thioether (sulfide) groups is 1. The van der Waals surface area contributed by atoms with Gasteiger partial charge in [-0.25, -0.2) is 9.59 Å². The molecular weight excluding hydrogens is 699 g/mol. The number of nitrogen functional groups attached to an aromatic ring is 1. The third kappa shape index (κ3) is 7.05. The first-order valence-electron chi connectivity index (χ1n) is 14.9. The molecule has 13 N–H and O–H groups in total. The highest BCUT2D eigenvalue weighted by Crippen LogP contribution is 2.40. The summed E-state index contributed by atoms with van der Waals surface area (Å²) in [7, 11) is 0. The number of carbonyl (C=O) groups excluding carboxylic acids is 2. The zero-order chi connectivity index (χ0) is 36.5. The molecule has 0 bridgehead atoms. The van der Waals surface area contributed by atoms with Crippen LogP contribution >= 0.6 is 23.3 Å². The number of carbonyl (C=O) groups is 4. The van der Waals surface area contributed by atoms with Crippen LogP contribution in [0.5, 0.6) is 0 Å². The summed E-state index contributed by atoms with van der Waals surface area (Å²) in [5.74, 6) is -4.07. The summed E-state index contributed by atoms with van der Waals surface area (Å²) >= 11 is 2.01. The molecule has 2 atom stereocenters. The zero-order valence-electron chi connectivity index (χ0n) is 26.8. The van der Waals surface area contributed by atoms with Gasteiger partial charge in [0.15, 0.2) is 35.1 Å². The minimum atomic E-state index is -1.82. The van der Waals surface area contributed by atoms with Crippen LogP contribution in [0.3, 0.4) is 0 Å². The molecule has 2 amide bonds. The van der Waals surface area contributed by atoms with Gasteiger partial charge in [0.05, 0.1) is 13.1 Å². The van der Waals surface area contributed by atoms with Gasteiger partial charge in [-0.1, -0.05) is 5.16 Å². The van der Waals surface area contributed by atoms with Crippen LogP contribution in [0, 0.1) is 5.41 Å². The lowest BCUT2D eigenvalue weighted by Crippen LogP contribution is -2.71. The van der Waals surface area contributed by atoms with Gasteiger partial charge in [0.1, 0.15) is 17.1 Å². The topological polar surface area (TPSA) is 336 Å². The largest absolute Gasteiger partial charge is 0.478 e. The first-order chi connectivity index (χ1) is 23.6. The van der Waals surface area contributed by atoms with E-state index < -0.39 is 46.5 Å². The number of hydrogen-bond acceptors (Lipinski definition) is 14. The Morgan fingerprint density at radius 1 is 1.30 bits per heavy atom. The van der Waals surface area contributed by atoms with Crippen molar-refractivity contribution in [2.75, 3.05) is 41.3 Å². The zero-order valence-corrected chi connectivity index (χ0v) is 28.5. The van der Waals surface area contributed by atoms with Crippen molar-refractivity contribution in [3.05, 3.63) is 23.3 Å². The summed E-state index contributed by atoms with van der Waals surface area (Å²) in [6, 6.07) is -1.16. The van der Waals surface area contributed by atoms with Crippen molar-refractivity contribution in [3.8, 4) is 0 Å². The minimum absolute atomic E-state index is 0.000427. The minimum Gasteiger partial charge on any atom is -0.478 e. The number of fused-ring (bicyclic) bond motifs is 2. The highest BCUT2D eigenvalue weighted by atomic mass is 32.2. The number of aliphatic imine (C=N–C) groups is 1. The molecule has 2 aromatic rings. The number of carboxylic acid groups (broad SMARTS) is 2. The summed E-state index contributed by atoms with van der Waals surface area (Å²) in [5, 5.41) is 36.6. The van der Waals surface area contributed by atoms with Gasteiger partial charge in [0, 0.05) is 35.9 Å². The van der Waals surface area contributed by atoms with Crippen LogP contribution in [-0.4, -0.2) is 113 Å². The normalized spacial score (nSPS) is 18.6. The van der Waals surface area contributed by atoms with Crippen molar-refractivity contribution in [2.45, 2.75) is 50.4 Å². The van der Waals surface area contributed by atoms with E-state index in [0.29, 0.717) is 30.2 Å². The van der Waals surface area contributed by atoms with Crippen LogP contribution < -0.4 is 43.1 Å². The first-order valence-corrected chi connectivity index (χ1v) is 16.8. The molecule has 0 aromatic carbocycles. The van der Waals surface area contributed by atoms with Crippen LogP contribution in [0.25, 0.3) is 0 Å². The summed E-state index contributed by atoms with van der Waals surface area (Å²) in [4.78, 5) is 66.6. The second-order valence-corrected chi connectivity index (χ2v) is 13.5. The number of carboxylic acids is 2. The maximum atomic E-state index is 13.5. The van der Waals surface area contributed by atoms with Crippen LogP contribution in [0.2, 0.25) is 0 Å². The third-order valence-electron chi connectivity index (χ3n) is 7.76. The molecule has 3 aliphatic heterocycles.